The normalized spacial score (nSPS) is 19.1. The van der Waals surface area contributed by atoms with E-state index in [4.69, 9.17) is 11.6 Å². The van der Waals surface area contributed by atoms with E-state index < -0.39 is 0 Å². The van der Waals surface area contributed by atoms with Gasteiger partial charge in [0.1, 0.15) is 0 Å². The summed E-state index contributed by atoms with van der Waals surface area (Å²) in [6.07, 6.45) is 6.10. The van der Waals surface area contributed by atoms with Crippen LogP contribution in [-0.4, -0.2) is 5.91 Å². The standard InChI is InChI=1S/C16H22ClNO/c1-3-4-5-6-7-11(2)15-13-10-12(17)8-9-14(13)18-16(15)19/h8-11,15H,3-7H2,1-2H3,(H,18,19). The summed E-state index contributed by atoms with van der Waals surface area (Å²) >= 11 is 6.05. The molecule has 1 N–H and O–H groups in total. The van der Waals surface area contributed by atoms with Crippen molar-refractivity contribution in [1.82, 2.24) is 0 Å². The zero-order valence-corrected chi connectivity index (χ0v) is 12.5. The van der Waals surface area contributed by atoms with Crippen molar-refractivity contribution in [2.45, 2.75) is 51.9 Å². The van der Waals surface area contributed by atoms with E-state index in [-0.39, 0.29) is 11.8 Å². The molecule has 0 saturated carbocycles. The number of hydrogen-bond donors (Lipinski definition) is 1. The lowest BCUT2D eigenvalue weighted by Gasteiger charge is -2.18. The molecule has 2 rings (SSSR count). The molecule has 1 aromatic carbocycles. The average Bonchev–Trinajstić information content (AvgIpc) is 2.70. The van der Waals surface area contributed by atoms with E-state index in [2.05, 4.69) is 19.2 Å². The number of halogens is 1. The second-order valence-corrected chi connectivity index (χ2v) is 5.96. The van der Waals surface area contributed by atoms with Crippen LogP contribution in [0.2, 0.25) is 5.02 Å². The zero-order valence-electron chi connectivity index (χ0n) is 11.7. The third-order valence-corrected chi connectivity index (χ3v) is 4.21. The van der Waals surface area contributed by atoms with Gasteiger partial charge >= 0.3 is 0 Å². The van der Waals surface area contributed by atoms with Gasteiger partial charge in [0, 0.05) is 10.7 Å². The Morgan fingerprint density at radius 1 is 1.32 bits per heavy atom. The molecule has 1 amide bonds. The Morgan fingerprint density at radius 3 is 2.84 bits per heavy atom. The molecule has 0 fully saturated rings. The van der Waals surface area contributed by atoms with Crippen LogP contribution >= 0.6 is 11.6 Å². The summed E-state index contributed by atoms with van der Waals surface area (Å²) < 4.78 is 0. The van der Waals surface area contributed by atoms with Gasteiger partial charge in [-0.15, -0.1) is 0 Å². The van der Waals surface area contributed by atoms with Crippen molar-refractivity contribution < 1.29 is 4.79 Å². The summed E-state index contributed by atoms with van der Waals surface area (Å²) in [7, 11) is 0. The molecule has 0 radical (unpaired) electrons. The van der Waals surface area contributed by atoms with Crippen molar-refractivity contribution in [2.24, 2.45) is 5.92 Å². The molecule has 1 aliphatic heterocycles. The van der Waals surface area contributed by atoms with Gasteiger partial charge in [0.2, 0.25) is 5.91 Å². The number of rotatable bonds is 6. The largest absolute Gasteiger partial charge is 0.325 e. The Morgan fingerprint density at radius 2 is 2.11 bits per heavy atom. The lowest BCUT2D eigenvalue weighted by molar-refractivity contribution is -0.118. The molecular formula is C16H22ClNO. The Kier molecular flexibility index (Phi) is 4.87. The molecule has 2 nitrogen and oxygen atoms in total. The molecule has 0 saturated heterocycles. The van der Waals surface area contributed by atoms with E-state index in [1.165, 1.54) is 25.7 Å². The zero-order chi connectivity index (χ0) is 13.8. The van der Waals surface area contributed by atoms with Crippen LogP contribution in [0.15, 0.2) is 18.2 Å². The lowest BCUT2D eigenvalue weighted by Crippen LogP contribution is -2.18. The fraction of sp³-hybridized carbons (Fsp3) is 0.562. The molecule has 1 aliphatic rings. The highest BCUT2D eigenvalue weighted by Crippen LogP contribution is 2.40. The van der Waals surface area contributed by atoms with Gasteiger partial charge in [-0.1, -0.05) is 51.1 Å². The van der Waals surface area contributed by atoms with Crippen LogP contribution in [-0.2, 0) is 4.79 Å². The van der Waals surface area contributed by atoms with Crippen molar-refractivity contribution in [3.05, 3.63) is 28.8 Å². The van der Waals surface area contributed by atoms with E-state index in [1.807, 2.05) is 18.2 Å². The summed E-state index contributed by atoms with van der Waals surface area (Å²) in [4.78, 5) is 12.1. The smallest absolute Gasteiger partial charge is 0.232 e. The van der Waals surface area contributed by atoms with E-state index in [9.17, 15) is 4.79 Å². The first-order valence-corrected chi connectivity index (χ1v) is 7.61. The van der Waals surface area contributed by atoms with Crippen LogP contribution < -0.4 is 5.32 Å². The number of unbranched alkanes of at least 4 members (excludes halogenated alkanes) is 3. The number of carbonyl (C=O) groups is 1. The van der Waals surface area contributed by atoms with E-state index in [0.717, 1.165) is 17.7 Å². The number of fused-ring (bicyclic) bond motifs is 1. The minimum Gasteiger partial charge on any atom is -0.325 e. The number of nitrogens with one attached hydrogen (secondary N) is 1. The fourth-order valence-electron chi connectivity index (χ4n) is 2.88. The molecule has 0 bridgehead atoms. The SMILES string of the molecule is CCCCCCC(C)C1C(=O)Nc2ccc(Cl)cc21. The van der Waals surface area contributed by atoms with Crippen LogP contribution in [0.3, 0.4) is 0 Å². The van der Waals surface area contributed by atoms with E-state index in [1.54, 1.807) is 0 Å². The van der Waals surface area contributed by atoms with Crippen molar-refractivity contribution in [3.63, 3.8) is 0 Å². The third-order valence-electron chi connectivity index (χ3n) is 3.97. The van der Waals surface area contributed by atoms with Gasteiger partial charge < -0.3 is 5.32 Å². The molecular weight excluding hydrogens is 258 g/mol. The van der Waals surface area contributed by atoms with Crippen molar-refractivity contribution >= 4 is 23.2 Å². The van der Waals surface area contributed by atoms with Gasteiger partial charge in [-0.25, -0.2) is 0 Å². The molecule has 3 heteroatoms. The van der Waals surface area contributed by atoms with Crippen molar-refractivity contribution in [3.8, 4) is 0 Å². The molecule has 19 heavy (non-hydrogen) atoms. The first-order chi connectivity index (χ1) is 9.13. The highest BCUT2D eigenvalue weighted by Gasteiger charge is 2.34. The summed E-state index contributed by atoms with van der Waals surface area (Å²) in [5.41, 5.74) is 2.00. The van der Waals surface area contributed by atoms with Crippen molar-refractivity contribution in [2.75, 3.05) is 5.32 Å². The van der Waals surface area contributed by atoms with E-state index in [0.29, 0.717) is 10.9 Å². The van der Waals surface area contributed by atoms with Gasteiger partial charge in [0.05, 0.1) is 5.92 Å². The molecule has 0 aliphatic carbocycles. The second kappa shape index (κ2) is 6.42. The lowest BCUT2D eigenvalue weighted by atomic mass is 9.85. The maximum absolute atomic E-state index is 12.1. The minimum atomic E-state index is -0.0321. The monoisotopic (exact) mass is 279 g/mol. The van der Waals surface area contributed by atoms with Gasteiger partial charge in [-0.2, -0.15) is 0 Å². The molecule has 2 atom stereocenters. The Bertz CT molecular complexity index is 458. The maximum Gasteiger partial charge on any atom is 0.232 e. The molecule has 0 aromatic heterocycles. The molecule has 104 valence electrons. The molecule has 2 unspecified atom stereocenters. The van der Waals surface area contributed by atoms with Crippen LogP contribution in [0, 0.1) is 5.92 Å². The summed E-state index contributed by atoms with van der Waals surface area (Å²) in [5.74, 6) is 0.465. The summed E-state index contributed by atoms with van der Waals surface area (Å²) in [5, 5.41) is 3.67. The first-order valence-electron chi connectivity index (χ1n) is 7.23. The highest BCUT2D eigenvalue weighted by atomic mass is 35.5. The van der Waals surface area contributed by atoms with Gasteiger partial charge in [0.15, 0.2) is 0 Å². The Hall–Kier alpha value is -1.02. The van der Waals surface area contributed by atoms with Crippen LogP contribution in [0.4, 0.5) is 5.69 Å². The van der Waals surface area contributed by atoms with Crippen LogP contribution in [0.5, 0.6) is 0 Å². The second-order valence-electron chi connectivity index (χ2n) is 5.53. The Balaban J connectivity index is 2.04. The van der Waals surface area contributed by atoms with Gasteiger partial charge in [-0.05, 0) is 36.1 Å². The number of benzene rings is 1. The van der Waals surface area contributed by atoms with Crippen molar-refractivity contribution in [1.29, 1.82) is 0 Å². The van der Waals surface area contributed by atoms with Gasteiger partial charge in [0.25, 0.3) is 0 Å². The maximum atomic E-state index is 12.1. The Labute approximate surface area is 120 Å². The summed E-state index contributed by atoms with van der Waals surface area (Å²) in [6, 6.07) is 5.66. The van der Waals surface area contributed by atoms with Gasteiger partial charge in [-0.3, -0.25) is 4.79 Å². The predicted molar refractivity (Wildman–Crippen MR) is 80.7 cm³/mol. The number of carbonyl (C=O) groups excluding carboxylic acids is 1. The number of amides is 1. The predicted octanol–water partition coefficient (Wildman–Crippen LogP) is 4.98. The molecule has 1 aromatic rings. The first kappa shape index (κ1) is 14.4. The molecule has 1 heterocycles. The minimum absolute atomic E-state index is 0.0321. The van der Waals surface area contributed by atoms with Crippen LogP contribution in [0.25, 0.3) is 0 Å². The highest BCUT2D eigenvalue weighted by molar-refractivity contribution is 6.31. The quantitative estimate of drug-likeness (QED) is 0.731. The average molecular weight is 280 g/mol. The fourth-order valence-corrected chi connectivity index (χ4v) is 3.06. The number of hydrogen-bond acceptors (Lipinski definition) is 1. The van der Waals surface area contributed by atoms with E-state index >= 15 is 0 Å². The molecule has 0 spiro atoms. The topological polar surface area (TPSA) is 29.1 Å². The third kappa shape index (κ3) is 3.30. The summed E-state index contributed by atoms with van der Waals surface area (Å²) in [6.45, 7) is 4.39. The number of anilines is 1. The van der Waals surface area contributed by atoms with Crippen LogP contribution in [0.1, 0.15) is 57.4 Å².